The standard InChI is InChI=1S/C15H19N3O/c16-15-13-4-6-17-9-12(13)1-2-14(15)18-7-3-11-5-8-19-10-11/h1-2,4,6,9,11,18H,3,5,7-8,10,16H2. The number of nitrogen functional groups attached to an aromatic ring is 1. The predicted octanol–water partition coefficient (Wildman–Crippen LogP) is 2.66. The van der Waals surface area contributed by atoms with Crippen molar-refractivity contribution in [1.29, 1.82) is 0 Å². The van der Waals surface area contributed by atoms with Crippen molar-refractivity contribution in [2.75, 3.05) is 30.8 Å². The fourth-order valence-corrected chi connectivity index (χ4v) is 2.57. The normalized spacial score (nSPS) is 18.8. The van der Waals surface area contributed by atoms with Crippen molar-refractivity contribution < 1.29 is 4.74 Å². The summed E-state index contributed by atoms with van der Waals surface area (Å²) in [4.78, 5) is 4.11. The molecular formula is C15H19N3O. The predicted molar refractivity (Wildman–Crippen MR) is 78.2 cm³/mol. The molecule has 1 saturated heterocycles. The summed E-state index contributed by atoms with van der Waals surface area (Å²) in [7, 11) is 0. The highest BCUT2D eigenvalue weighted by molar-refractivity contribution is 5.98. The number of fused-ring (bicyclic) bond motifs is 1. The van der Waals surface area contributed by atoms with Crippen molar-refractivity contribution in [1.82, 2.24) is 4.98 Å². The second-order valence-corrected chi connectivity index (χ2v) is 5.07. The number of pyridine rings is 1. The molecule has 3 rings (SSSR count). The Balaban J connectivity index is 1.68. The maximum atomic E-state index is 6.20. The highest BCUT2D eigenvalue weighted by Gasteiger charge is 2.15. The lowest BCUT2D eigenvalue weighted by Crippen LogP contribution is -2.10. The lowest BCUT2D eigenvalue weighted by molar-refractivity contribution is 0.185. The Morgan fingerprint density at radius 3 is 3.16 bits per heavy atom. The molecule has 0 saturated carbocycles. The van der Waals surface area contributed by atoms with E-state index in [-0.39, 0.29) is 0 Å². The van der Waals surface area contributed by atoms with E-state index in [2.05, 4.69) is 16.4 Å². The maximum absolute atomic E-state index is 6.20. The molecule has 1 fully saturated rings. The molecule has 2 heterocycles. The first kappa shape index (κ1) is 12.2. The van der Waals surface area contributed by atoms with Gasteiger partial charge < -0.3 is 15.8 Å². The Hall–Kier alpha value is -1.81. The van der Waals surface area contributed by atoms with Gasteiger partial charge in [-0.25, -0.2) is 0 Å². The first-order valence-electron chi connectivity index (χ1n) is 6.78. The minimum Gasteiger partial charge on any atom is -0.397 e. The van der Waals surface area contributed by atoms with E-state index in [0.29, 0.717) is 5.92 Å². The molecule has 0 spiro atoms. The van der Waals surface area contributed by atoms with Crippen molar-refractivity contribution in [3.63, 3.8) is 0 Å². The van der Waals surface area contributed by atoms with Crippen molar-refractivity contribution in [2.45, 2.75) is 12.8 Å². The van der Waals surface area contributed by atoms with E-state index in [1.54, 1.807) is 6.20 Å². The zero-order valence-electron chi connectivity index (χ0n) is 10.9. The Labute approximate surface area is 113 Å². The van der Waals surface area contributed by atoms with Crippen LogP contribution in [0.2, 0.25) is 0 Å². The van der Waals surface area contributed by atoms with Gasteiger partial charge in [-0.1, -0.05) is 6.07 Å². The molecule has 1 aliphatic rings. The van der Waals surface area contributed by atoms with Gasteiger partial charge in [0, 0.05) is 42.9 Å². The van der Waals surface area contributed by atoms with Crippen LogP contribution in [-0.2, 0) is 4.74 Å². The van der Waals surface area contributed by atoms with E-state index in [4.69, 9.17) is 10.5 Å². The fourth-order valence-electron chi connectivity index (χ4n) is 2.57. The third kappa shape index (κ3) is 2.63. The van der Waals surface area contributed by atoms with Crippen molar-refractivity contribution in [3.05, 3.63) is 30.6 Å². The SMILES string of the molecule is Nc1c(NCCC2CCOC2)ccc2cnccc12. The second-order valence-electron chi connectivity index (χ2n) is 5.07. The number of ether oxygens (including phenoxy) is 1. The Morgan fingerprint density at radius 1 is 1.37 bits per heavy atom. The lowest BCUT2D eigenvalue weighted by atomic mass is 10.1. The summed E-state index contributed by atoms with van der Waals surface area (Å²) in [6.45, 7) is 2.76. The number of anilines is 2. The number of rotatable bonds is 4. The zero-order chi connectivity index (χ0) is 13.1. The summed E-state index contributed by atoms with van der Waals surface area (Å²) in [5.41, 5.74) is 8.02. The molecule has 0 bridgehead atoms. The highest BCUT2D eigenvalue weighted by Crippen LogP contribution is 2.28. The maximum Gasteiger partial charge on any atom is 0.0630 e. The Kier molecular flexibility index (Phi) is 3.51. The zero-order valence-corrected chi connectivity index (χ0v) is 10.9. The minimum atomic E-state index is 0.693. The number of aromatic nitrogens is 1. The summed E-state index contributed by atoms with van der Waals surface area (Å²) < 4.78 is 5.38. The van der Waals surface area contributed by atoms with Gasteiger partial charge in [0.2, 0.25) is 0 Å². The molecule has 1 aromatic heterocycles. The first-order chi connectivity index (χ1) is 9.34. The molecule has 0 aliphatic carbocycles. The van der Waals surface area contributed by atoms with Gasteiger partial charge in [0.25, 0.3) is 0 Å². The summed E-state index contributed by atoms with van der Waals surface area (Å²) in [5.74, 6) is 0.693. The smallest absolute Gasteiger partial charge is 0.0630 e. The molecule has 2 aromatic rings. The topological polar surface area (TPSA) is 60.2 Å². The minimum absolute atomic E-state index is 0.693. The average Bonchev–Trinajstić information content (AvgIpc) is 2.95. The van der Waals surface area contributed by atoms with E-state index in [9.17, 15) is 0 Å². The van der Waals surface area contributed by atoms with Crippen LogP contribution in [0, 0.1) is 5.92 Å². The molecule has 0 radical (unpaired) electrons. The third-order valence-electron chi connectivity index (χ3n) is 3.75. The molecule has 100 valence electrons. The van der Waals surface area contributed by atoms with E-state index < -0.39 is 0 Å². The number of hydrogen-bond acceptors (Lipinski definition) is 4. The van der Waals surface area contributed by atoms with Crippen molar-refractivity contribution in [3.8, 4) is 0 Å². The monoisotopic (exact) mass is 257 g/mol. The van der Waals surface area contributed by atoms with Crippen LogP contribution >= 0.6 is 0 Å². The third-order valence-corrected chi connectivity index (χ3v) is 3.75. The van der Waals surface area contributed by atoms with Crippen LogP contribution in [0.4, 0.5) is 11.4 Å². The summed E-state index contributed by atoms with van der Waals surface area (Å²) >= 11 is 0. The lowest BCUT2D eigenvalue weighted by Gasteiger charge is -2.13. The molecule has 19 heavy (non-hydrogen) atoms. The van der Waals surface area contributed by atoms with Gasteiger partial charge in [-0.3, -0.25) is 4.98 Å². The van der Waals surface area contributed by atoms with Gasteiger partial charge >= 0.3 is 0 Å². The van der Waals surface area contributed by atoms with E-state index >= 15 is 0 Å². The highest BCUT2D eigenvalue weighted by atomic mass is 16.5. The quantitative estimate of drug-likeness (QED) is 0.827. The molecule has 3 N–H and O–H groups in total. The van der Waals surface area contributed by atoms with Crippen molar-refractivity contribution >= 4 is 22.1 Å². The number of benzene rings is 1. The van der Waals surface area contributed by atoms with Gasteiger partial charge in [0.05, 0.1) is 11.4 Å². The van der Waals surface area contributed by atoms with Crippen molar-refractivity contribution in [2.24, 2.45) is 5.92 Å². The van der Waals surface area contributed by atoms with Crippen LogP contribution in [0.1, 0.15) is 12.8 Å². The molecule has 1 unspecified atom stereocenters. The van der Waals surface area contributed by atoms with Gasteiger partial charge in [-0.15, -0.1) is 0 Å². The summed E-state index contributed by atoms with van der Waals surface area (Å²) in [6.07, 6.45) is 5.93. The van der Waals surface area contributed by atoms with Gasteiger partial charge in [0.15, 0.2) is 0 Å². The van der Waals surface area contributed by atoms with Gasteiger partial charge in [-0.05, 0) is 30.9 Å². The fraction of sp³-hybridized carbons (Fsp3) is 0.400. The van der Waals surface area contributed by atoms with E-state index in [1.807, 2.05) is 18.3 Å². The number of nitrogens with one attached hydrogen (secondary N) is 1. The number of nitrogens with two attached hydrogens (primary N) is 1. The Bertz CT molecular complexity index is 564. The van der Waals surface area contributed by atoms with Crippen LogP contribution in [-0.4, -0.2) is 24.7 Å². The van der Waals surface area contributed by atoms with Crippen LogP contribution in [0.15, 0.2) is 30.6 Å². The first-order valence-corrected chi connectivity index (χ1v) is 6.78. The summed E-state index contributed by atoms with van der Waals surface area (Å²) in [5, 5.41) is 5.57. The molecule has 1 aliphatic heterocycles. The Morgan fingerprint density at radius 2 is 2.32 bits per heavy atom. The van der Waals surface area contributed by atoms with Gasteiger partial charge in [-0.2, -0.15) is 0 Å². The molecule has 1 aromatic carbocycles. The summed E-state index contributed by atoms with van der Waals surface area (Å²) in [6, 6.07) is 6.05. The number of hydrogen-bond donors (Lipinski definition) is 2. The van der Waals surface area contributed by atoms with Crippen LogP contribution in [0.25, 0.3) is 10.8 Å². The second kappa shape index (κ2) is 5.45. The van der Waals surface area contributed by atoms with E-state index in [1.165, 1.54) is 6.42 Å². The molecule has 4 nitrogen and oxygen atoms in total. The van der Waals surface area contributed by atoms with Crippen LogP contribution in [0.3, 0.4) is 0 Å². The average molecular weight is 257 g/mol. The molecule has 0 amide bonds. The molecule has 1 atom stereocenters. The number of nitrogens with zero attached hydrogens (tertiary/aromatic N) is 1. The molecular weight excluding hydrogens is 238 g/mol. The van der Waals surface area contributed by atoms with Gasteiger partial charge in [0.1, 0.15) is 0 Å². The van der Waals surface area contributed by atoms with Crippen LogP contribution in [0.5, 0.6) is 0 Å². The van der Waals surface area contributed by atoms with E-state index in [0.717, 1.165) is 48.3 Å². The molecule has 4 heteroatoms. The van der Waals surface area contributed by atoms with Crippen LogP contribution < -0.4 is 11.1 Å². The largest absolute Gasteiger partial charge is 0.397 e.